The lowest BCUT2D eigenvalue weighted by Crippen LogP contribution is -2.35. The molecule has 0 radical (unpaired) electrons. The smallest absolute Gasteiger partial charge is 0.322 e. The number of fused-ring (bicyclic) bond motifs is 2. The summed E-state index contributed by atoms with van der Waals surface area (Å²) in [5.41, 5.74) is 1.70. The molecule has 4 aromatic heterocycles. The van der Waals surface area contributed by atoms with Gasteiger partial charge >= 0.3 is 6.03 Å². The standard InChI is InChI=1S/C22H25ClN10O3/c1-30(2)22(35)27-15-9-12(5-6-24-15)36-14-11-25-19-18(17(14)23)32(4)21(28-19)26-16-10-13-20(34)31(3)7-8-33(13)29-16/h5-6,9-11,20,34H,7-8H2,1-4H3,(H,24,27,35)(H,25,26,28,29). The second-order valence-corrected chi connectivity index (χ2v) is 8.94. The minimum absolute atomic E-state index is 0.309. The quantitative estimate of drug-likeness (QED) is 0.368. The number of aliphatic hydroxyl groups excluding tert-OH is 1. The molecule has 36 heavy (non-hydrogen) atoms. The van der Waals surface area contributed by atoms with Gasteiger partial charge in [0.15, 0.2) is 17.2 Å². The molecular weight excluding hydrogens is 488 g/mol. The zero-order chi connectivity index (χ0) is 25.6. The first-order chi connectivity index (χ1) is 17.2. The van der Waals surface area contributed by atoms with Gasteiger partial charge in [-0.15, -0.1) is 0 Å². The van der Waals surface area contributed by atoms with E-state index in [1.165, 1.54) is 17.3 Å². The molecule has 14 heteroatoms. The van der Waals surface area contributed by atoms with Crippen molar-refractivity contribution in [3.05, 3.63) is 41.3 Å². The number of likely N-dealkylation sites (N-methyl/N-ethyl adjacent to an activating group) is 1. The SMILES string of the molecule is CN(C)C(=O)Nc1cc(Oc2cnc3nc(Nc4cc5n(n4)CCN(C)C5O)n(C)c3c2Cl)ccn1. The van der Waals surface area contributed by atoms with Gasteiger partial charge in [-0.2, -0.15) is 10.1 Å². The fraction of sp³-hybridized carbons (Fsp3) is 0.318. The number of ether oxygens (including phenoxy) is 1. The van der Waals surface area contributed by atoms with Crippen LogP contribution in [0.5, 0.6) is 11.5 Å². The summed E-state index contributed by atoms with van der Waals surface area (Å²) in [4.78, 5) is 28.2. The van der Waals surface area contributed by atoms with Gasteiger partial charge in [0.25, 0.3) is 0 Å². The third kappa shape index (κ3) is 4.39. The number of nitrogens with one attached hydrogen (secondary N) is 2. The highest BCUT2D eigenvalue weighted by Crippen LogP contribution is 2.36. The molecule has 3 N–H and O–H groups in total. The van der Waals surface area contributed by atoms with E-state index in [1.54, 1.807) is 48.6 Å². The maximum Gasteiger partial charge on any atom is 0.322 e. The fourth-order valence-corrected chi connectivity index (χ4v) is 4.08. The van der Waals surface area contributed by atoms with E-state index in [-0.39, 0.29) is 6.03 Å². The highest BCUT2D eigenvalue weighted by molar-refractivity contribution is 6.36. The summed E-state index contributed by atoms with van der Waals surface area (Å²) >= 11 is 6.69. The molecule has 5 rings (SSSR count). The van der Waals surface area contributed by atoms with Crippen molar-refractivity contribution in [3.63, 3.8) is 0 Å². The number of hydrogen-bond donors (Lipinski definition) is 3. The number of carbonyl (C=O) groups excluding carboxylic acids is 1. The van der Waals surface area contributed by atoms with Crippen LogP contribution in [0.2, 0.25) is 5.02 Å². The normalized spacial score (nSPS) is 15.6. The first-order valence-corrected chi connectivity index (χ1v) is 11.4. The molecule has 4 aromatic rings. The average molecular weight is 513 g/mol. The summed E-state index contributed by atoms with van der Waals surface area (Å²) in [6.07, 6.45) is 2.29. The molecule has 0 aromatic carbocycles. The van der Waals surface area contributed by atoms with E-state index in [9.17, 15) is 9.90 Å². The van der Waals surface area contributed by atoms with Crippen LogP contribution in [-0.2, 0) is 13.6 Å². The van der Waals surface area contributed by atoms with Gasteiger partial charge in [0.2, 0.25) is 5.95 Å². The van der Waals surface area contributed by atoms with Crippen LogP contribution in [0.3, 0.4) is 0 Å². The van der Waals surface area contributed by atoms with E-state index in [0.717, 1.165) is 0 Å². The number of halogens is 1. The van der Waals surface area contributed by atoms with Crippen LogP contribution in [0.15, 0.2) is 30.6 Å². The summed E-state index contributed by atoms with van der Waals surface area (Å²) in [6.45, 7) is 1.38. The Kier molecular flexibility index (Phi) is 6.12. The van der Waals surface area contributed by atoms with Gasteiger partial charge in [-0.3, -0.25) is 14.9 Å². The van der Waals surface area contributed by atoms with Crippen LogP contribution in [0.4, 0.5) is 22.4 Å². The molecule has 13 nitrogen and oxygen atoms in total. The largest absolute Gasteiger partial charge is 0.454 e. The van der Waals surface area contributed by atoms with E-state index < -0.39 is 6.23 Å². The highest BCUT2D eigenvalue weighted by Gasteiger charge is 2.25. The van der Waals surface area contributed by atoms with Crippen molar-refractivity contribution in [1.82, 2.24) is 39.1 Å². The van der Waals surface area contributed by atoms with Crippen LogP contribution in [0.25, 0.3) is 11.2 Å². The molecule has 1 atom stereocenters. The van der Waals surface area contributed by atoms with Gasteiger partial charge < -0.3 is 24.6 Å². The molecule has 0 saturated carbocycles. The maximum atomic E-state index is 11.9. The first-order valence-electron chi connectivity index (χ1n) is 11.1. The Balaban J connectivity index is 1.40. The lowest BCUT2D eigenvalue weighted by atomic mass is 10.3. The van der Waals surface area contributed by atoms with Crippen molar-refractivity contribution in [2.24, 2.45) is 7.05 Å². The minimum atomic E-state index is -0.719. The Labute approximate surface area is 211 Å². The van der Waals surface area contributed by atoms with Gasteiger partial charge in [0.1, 0.15) is 28.3 Å². The molecule has 0 saturated heterocycles. The number of aromatic nitrogens is 6. The molecule has 1 aliphatic rings. The predicted octanol–water partition coefficient (Wildman–Crippen LogP) is 2.78. The maximum absolute atomic E-state index is 11.9. The van der Waals surface area contributed by atoms with Crippen molar-refractivity contribution in [3.8, 4) is 11.5 Å². The van der Waals surface area contributed by atoms with E-state index >= 15 is 0 Å². The highest BCUT2D eigenvalue weighted by atomic mass is 35.5. The summed E-state index contributed by atoms with van der Waals surface area (Å²) in [5, 5.41) is 21.1. The molecular formula is C22H25ClN10O3. The number of carbonyl (C=O) groups is 1. The lowest BCUT2D eigenvalue weighted by molar-refractivity contribution is -0.00514. The molecule has 1 aliphatic heterocycles. The van der Waals surface area contributed by atoms with Gasteiger partial charge in [0, 0.05) is 46.0 Å². The lowest BCUT2D eigenvalue weighted by Gasteiger charge is -2.28. The molecule has 5 heterocycles. The monoisotopic (exact) mass is 512 g/mol. The Morgan fingerprint density at radius 3 is 2.81 bits per heavy atom. The number of nitrogens with zero attached hydrogens (tertiary/aromatic N) is 8. The number of aryl methyl sites for hydroxylation is 1. The third-order valence-corrected chi connectivity index (χ3v) is 6.17. The Hall–Kier alpha value is -3.94. The Bertz CT molecular complexity index is 1450. The van der Waals surface area contributed by atoms with Gasteiger partial charge in [-0.25, -0.2) is 14.8 Å². The number of amides is 2. The number of aliphatic hydroxyl groups is 1. The third-order valence-electron chi connectivity index (χ3n) is 5.80. The van der Waals surface area contributed by atoms with Gasteiger partial charge in [-0.05, 0) is 13.1 Å². The van der Waals surface area contributed by atoms with Gasteiger partial charge in [-0.1, -0.05) is 11.6 Å². The molecule has 0 spiro atoms. The summed E-state index contributed by atoms with van der Waals surface area (Å²) < 4.78 is 9.48. The van der Waals surface area contributed by atoms with E-state index in [1.807, 2.05) is 11.9 Å². The topological polar surface area (TPSA) is 138 Å². The fourth-order valence-electron chi connectivity index (χ4n) is 3.78. The predicted molar refractivity (Wildman–Crippen MR) is 134 cm³/mol. The molecule has 0 bridgehead atoms. The van der Waals surface area contributed by atoms with Crippen molar-refractivity contribution >= 4 is 46.4 Å². The number of pyridine rings is 2. The Morgan fingerprint density at radius 2 is 2.03 bits per heavy atom. The average Bonchev–Trinajstić information content (AvgIpc) is 3.40. The number of rotatable bonds is 5. The van der Waals surface area contributed by atoms with Gasteiger partial charge in [0.05, 0.1) is 18.4 Å². The summed E-state index contributed by atoms with van der Waals surface area (Å²) in [5.74, 6) is 2.11. The Morgan fingerprint density at radius 1 is 1.22 bits per heavy atom. The molecule has 0 fully saturated rings. The molecule has 0 aliphatic carbocycles. The summed E-state index contributed by atoms with van der Waals surface area (Å²) in [7, 11) is 6.93. The van der Waals surface area contributed by atoms with Crippen LogP contribution in [0.1, 0.15) is 11.9 Å². The van der Waals surface area contributed by atoms with Crippen LogP contribution >= 0.6 is 11.6 Å². The molecule has 188 valence electrons. The zero-order valence-electron chi connectivity index (χ0n) is 20.1. The summed E-state index contributed by atoms with van der Waals surface area (Å²) in [6, 6.07) is 4.72. The van der Waals surface area contributed by atoms with Crippen molar-refractivity contribution in [2.75, 3.05) is 38.3 Å². The first kappa shape index (κ1) is 23.8. The number of hydrogen-bond acceptors (Lipinski definition) is 9. The van der Waals surface area contributed by atoms with Crippen LogP contribution in [-0.4, -0.2) is 77.9 Å². The number of imidazole rings is 1. The van der Waals surface area contributed by atoms with E-state index in [2.05, 4.69) is 30.7 Å². The van der Waals surface area contributed by atoms with Crippen LogP contribution < -0.4 is 15.4 Å². The minimum Gasteiger partial charge on any atom is -0.454 e. The van der Waals surface area contributed by atoms with Crippen molar-refractivity contribution in [1.29, 1.82) is 0 Å². The van der Waals surface area contributed by atoms with E-state index in [4.69, 9.17) is 16.3 Å². The number of urea groups is 1. The second-order valence-electron chi connectivity index (χ2n) is 8.56. The zero-order valence-corrected chi connectivity index (χ0v) is 20.9. The number of anilines is 3. The van der Waals surface area contributed by atoms with Crippen LogP contribution in [0, 0.1) is 0 Å². The molecule has 1 unspecified atom stereocenters. The second kappa shape index (κ2) is 9.26. The van der Waals surface area contributed by atoms with E-state index in [0.29, 0.717) is 64.1 Å². The van der Waals surface area contributed by atoms with Crippen molar-refractivity contribution < 1.29 is 14.6 Å². The van der Waals surface area contributed by atoms with Crippen molar-refractivity contribution in [2.45, 2.75) is 12.8 Å². The molecule has 2 amide bonds.